The Morgan fingerprint density at radius 1 is 1.35 bits per heavy atom. The number of carboxylic acids is 1. The van der Waals surface area contributed by atoms with Crippen LogP contribution in [-0.4, -0.2) is 30.6 Å². The molecule has 1 amide bonds. The summed E-state index contributed by atoms with van der Waals surface area (Å²) in [7, 11) is 1.53. The standard InChI is InChI=1S/C17H19NO4S/c1-11-4-3-5-12(6-11)7-13(17(20)21)9-18-16(19)15-8-14(22-2)10-23-15/h3-6,8,10,13H,7,9H2,1-2H3,(H,18,19)(H,20,21). The van der Waals surface area contributed by atoms with Crippen molar-refractivity contribution in [2.24, 2.45) is 5.92 Å². The van der Waals surface area contributed by atoms with Crippen LogP contribution in [0.5, 0.6) is 5.75 Å². The molecular formula is C17H19NO4S. The summed E-state index contributed by atoms with van der Waals surface area (Å²) in [4.78, 5) is 24.0. The highest BCUT2D eigenvalue weighted by molar-refractivity contribution is 7.12. The first-order valence-electron chi connectivity index (χ1n) is 7.18. The number of aliphatic carboxylic acids is 1. The second-order valence-corrected chi connectivity index (χ2v) is 6.20. The fraction of sp³-hybridized carbons (Fsp3) is 0.294. The molecule has 122 valence electrons. The first-order valence-corrected chi connectivity index (χ1v) is 8.06. The molecule has 5 nitrogen and oxygen atoms in total. The van der Waals surface area contributed by atoms with Gasteiger partial charge in [0.2, 0.25) is 0 Å². The third kappa shape index (κ3) is 4.82. The van der Waals surface area contributed by atoms with Gasteiger partial charge in [-0.05, 0) is 18.9 Å². The van der Waals surface area contributed by atoms with Crippen molar-refractivity contribution in [3.63, 3.8) is 0 Å². The smallest absolute Gasteiger partial charge is 0.308 e. The first kappa shape index (κ1) is 17.0. The summed E-state index contributed by atoms with van der Waals surface area (Å²) in [6, 6.07) is 9.36. The van der Waals surface area contributed by atoms with Crippen LogP contribution in [-0.2, 0) is 11.2 Å². The van der Waals surface area contributed by atoms with Crippen molar-refractivity contribution in [2.45, 2.75) is 13.3 Å². The van der Waals surface area contributed by atoms with E-state index in [1.165, 1.54) is 18.4 Å². The number of thiophene rings is 1. The number of carboxylic acid groups (broad SMARTS) is 1. The van der Waals surface area contributed by atoms with E-state index in [1.54, 1.807) is 11.4 Å². The van der Waals surface area contributed by atoms with E-state index in [4.69, 9.17) is 4.74 Å². The number of ether oxygens (including phenoxy) is 1. The quantitative estimate of drug-likeness (QED) is 0.817. The zero-order valence-corrected chi connectivity index (χ0v) is 13.9. The number of hydrogen-bond donors (Lipinski definition) is 2. The van der Waals surface area contributed by atoms with E-state index in [1.807, 2.05) is 31.2 Å². The first-order chi connectivity index (χ1) is 11.0. The maximum Gasteiger partial charge on any atom is 0.308 e. The number of benzene rings is 1. The lowest BCUT2D eigenvalue weighted by molar-refractivity contribution is -0.141. The van der Waals surface area contributed by atoms with Gasteiger partial charge in [-0.25, -0.2) is 0 Å². The molecule has 0 spiro atoms. The van der Waals surface area contributed by atoms with Crippen LogP contribution in [0.1, 0.15) is 20.8 Å². The topological polar surface area (TPSA) is 75.6 Å². The van der Waals surface area contributed by atoms with E-state index in [9.17, 15) is 14.7 Å². The summed E-state index contributed by atoms with van der Waals surface area (Å²) in [6.45, 7) is 2.05. The van der Waals surface area contributed by atoms with E-state index < -0.39 is 11.9 Å². The van der Waals surface area contributed by atoms with Crippen LogP contribution in [0, 0.1) is 12.8 Å². The number of methoxy groups -OCH3 is 1. The lowest BCUT2D eigenvalue weighted by Gasteiger charge is -2.13. The van der Waals surface area contributed by atoms with Crippen molar-refractivity contribution in [2.75, 3.05) is 13.7 Å². The third-order valence-electron chi connectivity index (χ3n) is 3.46. The molecule has 0 aliphatic rings. The SMILES string of the molecule is COc1csc(C(=O)NCC(Cc2cccc(C)c2)C(=O)O)c1. The lowest BCUT2D eigenvalue weighted by atomic mass is 9.98. The number of carbonyl (C=O) groups excluding carboxylic acids is 1. The minimum absolute atomic E-state index is 0.0856. The van der Waals surface area contributed by atoms with Gasteiger partial charge < -0.3 is 15.2 Å². The van der Waals surface area contributed by atoms with Crippen molar-refractivity contribution < 1.29 is 19.4 Å². The van der Waals surface area contributed by atoms with E-state index >= 15 is 0 Å². The molecule has 1 atom stereocenters. The number of nitrogens with one attached hydrogen (secondary N) is 1. The Morgan fingerprint density at radius 2 is 2.13 bits per heavy atom. The molecule has 1 unspecified atom stereocenters. The van der Waals surface area contributed by atoms with Crippen LogP contribution < -0.4 is 10.1 Å². The Kier molecular flexibility index (Phi) is 5.76. The van der Waals surface area contributed by atoms with Gasteiger partial charge in [-0.15, -0.1) is 11.3 Å². The van der Waals surface area contributed by atoms with Crippen LogP contribution in [0.4, 0.5) is 0 Å². The van der Waals surface area contributed by atoms with Gasteiger partial charge in [0.05, 0.1) is 17.9 Å². The lowest BCUT2D eigenvalue weighted by Crippen LogP contribution is -2.33. The fourth-order valence-corrected chi connectivity index (χ4v) is 2.99. The van der Waals surface area contributed by atoms with Gasteiger partial charge in [0.1, 0.15) is 5.75 Å². The monoisotopic (exact) mass is 333 g/mol. The molecule has 2 N–H and O–H groups in total. The predicted molar refractivity (Wildman–Crippen MR) is 89.2 cm³/mol. The average Bonchev–Trinajstić information content (AvgIpc) is 3.00. The number of hydrogen-bond acceptors (Lipinski definition) is 4. The van der Waals surface area contributed by atoms with Gasteiger partial charge in [0, 0.05) is 18.0 Å². The highest BCUT2D eigenvalue weighted by atomic mass is 32.1. The van der Waals surface area contributed by atoms with Crippen molar-refractivity contribution >= 4 is 23.2 Å². The zero-order chi connectivity index (χ0) is 16.8. The molecule has 6 heteroatoms. The van der Waals surface area contributed by atoms with Crippen molar-refractivity contribution in [3.05, 3.63) is 51.7 Å². The largest absolute Gasteiger partial charge is 0.496 e. The zero-order valence-electron chi connectivity index (χ0n) is 13.0. The van der Waals surface area contributed by atoms with Crippen LogP contribution >= 0.6 is 11.3 Å². The summed E-state index contributed by atoms with van der Waals surface area (Å²) in [5.41, 5.74) is 2.03. The molecule has 0 aliphatic carbocycles. The summed E-state index contributed by atoms with van der Waals surface area (Å²) in [6.07, 6.45) is 0.380. The van der Waals surface area contributed by atoms with Crippen molar-refractivity contribution in [1.29, 1.82) is 0 Å². The molecule has 2 rings (SSSR count). The van der Waals surface area contributed by atoms with E-state index in [0.29, 0.717) is 17.0 Å². The summed E-state index contributed by atoms with van der Waals surface area (Å²) < 4.78 is 5.04. The summed E-state index contributed by atoms with van der Waals surface area (Å²) in [5, 5.41) is 13.8. The van der Waals surface area contributed by atoms with E-state index in [0.717, 1.165) is 11.1 Å². The molecule has 23 heavy (non-hydrogen) atoms. The second kappa shape index (κ2) is 7.78. The molecule has 0 radical (unpaired) electrons. The molecule has 0 saturated carbocycles. The second-order valence-electron chi connectivity index (χ2n) is 5.29. The van der Waals surface area contributed by atoms with E-state index in [-0.39, 0.29) is 12.5 Å². The summed E-state index contributed by atoms with van der Waals surface area (Å²) >= 11 is 1.26. The Morgan fingerprint density at radius 3 is 2.74 bits per heavy atom. The van der Waals surface area contributed by atoms with Crippen molar-refractivity contribution in [3.8, 4) is 5.75 Å². The highest BCUT2D eigenvalue weighted by Crippen LogP contribution is 2.21. The fourth-order valence-electron chi connectivity index (χ4n) is 2.22. The normalized spacial score (nSPS) is 11.7. The molecule has 0 aliphatic heterocycles. The van der Waals surface area contributed by atoms with Crippen LogP contribution in [0.15, 0.2) is 35.7 Å². The van der Waals surface area contributed by atoms with Gasteiger partial charge in [0.15, 0.2) is 0 Å². The minimum Gasteiger partial charge on any atom is -0.496 e. The maximum atomic E-state index is 12.1. The van der Waals surface area contributed by atoms with E-state index in [2.05, 4.69) is 5.32 Å². The molecular weight excluding hydrogens is 314 g/mol. The molecule has 0 fully saturated rings. The molecule has 2 aromatic rings. The maximum absolute atomic E-state index is 12.1. The number of carbonyl (C=O) groups is 2. The molecule has 1 aromatic carbocycles. The molecule has 0 saturated heterocycles. The molecule has 1 aromatic heterocycles. The van der Waals surface area contributed by atoms with Gasteiger partial charge in [-0.3, -0.25) is 9.59 Å². The van der Waals surface area contributed by atoms with Crippen molar-refractivity contribution in [1.82, 2.24) is 5.32 Å². The Balaban J connectivity index is 1.97. The number of aryl methyl sites for hydroxylation is 1. The molecule has 1 heterocycles. The van der Waals surface area contributed by atoms with Crippen LogP contribution in [0.25, 0.3) is 0 Å². The predicted octanol–water partition coefficient (Wildman–Crippen LogP) is 2.74. The Hall–Kier alpha value is -2.34. The van der Waals surface area contributed by atoms with Gasteiger partial charge >= 0.3 is 5.97 Å². The average molecular weight is 333 g/mol. The number of rotatable bonds is 7. The Labute approximate surface area is 138 Å². The highest BCUT2D eigenvalue weighted by Gasteiger charge is 2.20. The molecule has 0 bridgehead atoms. The summed E-state index contributed by atoms with van der Waals surface area (Å²) in [5.74, 6) is -1.25. The minimum atomic E-state index is -0.921. The Bertz CT molecular complexity index is 695. The van der Waals surface area contributed by atoms with Crippen LogP contribution in [0.3, 0.4) is 0 Å². The van der Waals surface area contributed by atoms with Crippen LogP contribution in [0.2, 0.25) is 0 Å². The third-order valence-corrected chi connectivity index (χ3v) is 4.37. The van der Waals surface area contributed by atoms with Gasteiger partial charge in [-0.2, -0.15) is 0 Å². The van der Waals surface area contributed by atoms with Gasteiger partial charge in [-0.1, -0.05) is 29.8 Å². The van der Waals surface area contributed by atoms with Gasteiger partial charge in [0.25, 0.3) is 5.91 Å². The number of amides is 1.